The van der Waals surface area contributed by atoms with E-state index in [1.807, 2.05) is 63.2 Å². The molecule has 1 fully saturated rings. The first kappa shape index (κ1) is 32.5. The van der Waals surface area contributed by atoms with Crippen molar-refractivity contribution in [1.82, 2.24) is 19.4 Å². The number of piperidine rings is 1. The predicted octanol–water partition coefficient (Wildman–Crippen LogP) is 7.27. The number of benzene rings is 3. The van der Waals surface area contributed by atoms with E-state index >= 15 is 0 Å². The average molecular weight is 666 g/mol. The minimum atomic E-state index is -0.574. The Morgan fingerprint density at radius 3 is 2.36 bits per heavy atom. The molecule has 3 aromatic carbocycles. The molecule has 1 aliphatic heterocycles. The normalized spacial score (nSPS) is 13.8. The second-order valence-corrected chi connectivity index (χ2v) is 13.6. The fraction of sp³-hybridized carbons (Fsp3) is 0.250. The number of aromatic nitrogens is 3. The lowest BCUT2D eigenvalue weighted by Gasteiger charge is -2.33. The number of nitrogens with zero attached hydrogens (tertiary/aromatic N) is 5. The molecule has 0 atom stereocenters. The van der Waals surface area contributed by atoms with Gasteiger partial charge in [-0.15, -0.1) is 0 Å². The van der Waals surface area contributed by atoms with Crippen LogP contribution in [0.2, 0.25) is 0 Å². The molecular weight excluding hydrogens is 630 g/mol. The summed E-state index contributed by atoms with van der Waals surface area (Å²) in [5, 5.41) is 9.84. The van der Waals surface area contributed by atoms with Gasteiger partial charge in [0.25, 0.3) is 5.56 Å². The van der Waals surface area contributed by atoms with Crippen molar-refractivity contribution in [3.8, 4) is 28.5 Å². The van der Waals surface area contributed by atoms with Gasteiger partial charge >= 0.3 is 6.09 Å². The van der Waals surface area contributed by atoms with Crippen molar-refractivity contribution >= 4 is 28.0 Å². The van der Waals surface area contributed by atoms with Crippen LogP contribution in [0, 0.1) is 11.3 Å². The van der Waals surface area contributed by atoms with Crippen molar-refractivity contribution in [2.75, 3.05) is 13.1 Å². The van der Waals surface area contributed by atoms with Crippen LogP contribution in [0.4, 0.5) is 4.79 Å². The van der Waals surface area contributed by atoms with Gasteiger partial charge in [-0.05, 0) is 98.7 Å². The molecule has 10 heteroatoms. The van der Waals surface area contributed by atoms with Gasteiger partial charge in [0.15, 0.2) is 5.43 Å². The number of likely N-dealkylation sites (tertiary alicyclic amines) is 1. The highest BCUT2D eigenvalue weighted by molar-refractivity contribution is 5.91. The summed E-state index contributed by atoms with van der Waals surface area (Å²) in [6.07, 6.45) is 6.01. The predicted molar refractivity (Wildman–Crippen MR) is 191 cm³/mol. The first-order valence-electron chi connectivity index (χ1n) is 16.6. The Morgan fingerprint density at radius 1 is 0.940 bits per heavy atom. The molecule has 0 aliphatic carbocycles. The summed E-state index contributed by atoms with van der Waals surface area (Å²) in [5.74, 6) is 0.466. The number of fused-ring (bicyclic) bond motifs is 2. The Kier molecular flexibility index (Phi) is 8.50. The average Bonchev–Trinajstić information content (AvgIpc) is 3.56. The molecule has 1 amide bonds. The second kappa shape index (κ2) is 13.1. The lowest BCUT2D eigenvalue weighted by atomic mass is 9.89. The van der Waals surface area contributed by atoms with Crippen LogP contribution in [0.15, 0.2) is 106 Å². The van der Waals surface area contributed by atoms with Gasteiger partial charge < -0.3 is 18.6 Å². The first-order chi connectivity index (χ1) is 24.1. The number of hydrogen-bond donors (Lipinski definition) is 0. The Hall–Kier alpha value is -6.08. The smallest absolute Gasteiger partial charge is 0.410 e. The zero-order chi connectivity index (χ0) is 35.0. The number of carbonyl (C=O) groups excluding carboxylic acids is 1. The topological polar surface area (TPSA) is 131 Å². The Bertz CT molecular complexity index is 2400. The van der Waals surface area contributed by atoms with Crippen molar-refractivity contribution in [2.24, 2.45) is 0 Å². The van der Waals surface area contributed by atoms with E-state index in [2.05, 4.69) is 16.0 Å². The molecule has 1 aliphatic rings. The quantitative estimate of drug-likeness (QED) is 0.188. The molecule has 10 nitrogen and oxygen atoms in total. The van der Waals surface area contributed by atoms with Crippen molar-refractivity contribution in [3.05, 3.63) is 129 Å². The summed E-state index contributed by atoms with van der Waals surface area (Å²) in [6.45, 7) is 6.79. The molecule has 6 aromatic rings. The van der Waals surface area contributed by atoms with Crippen molar-refractivity contribution < 1.29 is 13.9 Å². The number of nitriles is 1. The fourth-order valence-corrected chi connectivity index (χ4v) is 6.60. The van der Waals surface area contributed by atoms with E-state index < -0.39 is 11.2 Å². The second-order valence-electron chi connectivity index (χ2n) is 13.6. The third kappa shape index (κ3) is 6.38. The van der Waals surface area contributed by atoms with Gasteiger partial charge in [0.05, 0.1) is 29.1 Å². The highest BCUT2D eigenvalue weighted by Gasteiger charge is 2.28. The summed E-state index contributed by atoms with van der Waals surface area (Å²) in [6, 6.07) is 24.0. The maximum Gasteiger partial charge on any atom is 0.410 e. The van der Waals surface area contributed by atoms with E-state index in [0.717, 1.165) is 22.3 Å². The maximum atomic E-state index is 14.5. The number of furan rings is 1. The van der Waals surface area contributed by atoms with E-state index in [4.69, 9.17) is 9.15 Å². The third-order valence-corrected chi connectivity index (χ3v) is 9.11. The van der Waals surface area contributed by atoms with Crippen LogP contribution in [0.1, 0.15) is 56.2 Å². The zero-order valence-corrected chi connectivity index (χ0v) is 28.1. The minimum Gasteiger partial charge on any atom is -0.450 e. The standard InChI is InChI=1S/C40H35N5O5/c1-40(2,3)50-39(48)44-16-14-26(15-17-44)28-12-13-34-32(18-28)36(46)33-19-35(27-10-8-25(20-41)9-11-27)49-37(33)38(47)45(34)23-29-6-4-5-7-31(29)30-21-42-24-43-22-30/h4-13,18-19,21-22,24,26H,14-17,23H2,1-3H3. The van der Waals surface area contributed by atoms with Crippen LogP contribution in [-0.4, -0.2) is 44.2 Å². The first-order valence-corrected chi connectivity index (χ1v) is 16.6. The van der Waals surface area contributed by atoms with Gasteiger partial charge in [-0.2, -0.15) is 5.26 Å². The molecule has 50 heavy (non-hydrogen) atoms. The van der Waals surface area contributed by atoms with Gasteiger partial charge in [0.1, 0.15) is 17.7 Å². The molecule has 4 heterocycles. The van der Waals surface area contributed by atoms with Gasteiger partial charge in [-0.1, -0.05) is 30.3 Å². The molecule has 3 aromatic heterocycles. The lowest BCUT2D eigenvalue weighted by Crippen LogP contribution is -2.41. The van der Waals surface area contributed by atoms with E-state index in [1.54, 1.807) is 52.2 Å². The van der Waals surface area contributed by atoms with Crippen LogP contribution in [0.25, 0.3) is 44.3 Å². The summed E-state index contributed by atoms with van der Waals surface area (Å²) in [4.78, 5) is 51.7. The van der Waals surface area contributed by atoms with Crippen LogP contribution in [0.5, 0.6) is 0 Å². The zero-order valence-electron chi connectivity index (χ0n) is 28.1. The fourth-order valence-electron chi connectivity index (χ4n) is 6.60. The SMILES string of the molecule is CC(C)(C)OC(=O)N1CCC(c2ccc3c(c2)c(=O)c2cc(-c4ccc(C#N)cc4)oc2c(=O)n3Cc2ccccc2-c2cncnc2)CC1. The Balaban J connectivity index is 1.36. The molecule has 250 valence electrons. The van der Waals surface area contributed by atoms with Gasteiger partial charge in [0, 0.05) is 42.0 Å². The molecule has 0 N–H and O–H groups in total. The van der Waals surface area contributed by atoms with Gasteiger partial charge in [-0.25, -0.2) is 14.8 Å². The van der Waals surface area contributed by atoms with Crippen molar-refractivity contribution in [1.29, 1.82) is 5.26 Å². The third-order valence-electron chi connectivity index (χ3n) is 9.11. The van der Waals surface area contributed by atoms with E-state index in [9.17, 15) is 19.6 Å². The Labute approximate surface area is 288 Å². The number of rotatable bonds is 5. The number of carbonyl (C=O) groups is 1. The highest BCUT2D eigenvalue weighted by atomic mass is 16.6. The molecule has 0 radical (unpaired) electrons. The number of amides is 1. The Morgan fingerprint density at radius 2 is 1.66 bits per heavy atom. The molecule has 1 saturated heterocycles. The van der Waals surface area contributed by atoms with Gasteiger partial charge in [-0.3, -0.25) is 9.59 Å². The van der Waals surface area contributed by atoms with Crippen LogP contribution in [0.3, 0.4) is 0 Å². The molecule has 0 bridgehead atoms. The molecule has 0 spiro atoms. The number of hydrogen-bond acceptors (Lipinski definition) is 8. The van der Waals surface area contributed by atoms with Crippen molar-refractivity contribution in [3.63, 3.8) is 0 Å². The lowest BCUT2D eigenvalue weighted by molar-refractivity contribution is 0.0205. The highest BCUT2D eigenvalue weighted by Crippen LogP contribution is 2.32. The maximum absolute atomic E-state index is 14.5. The van der Waals surface area contributed by atoms with Crippen LogP contribution in [-0.2, 0) is 11.3 Å². The van der Waals surface area contributed by atoms with E-state index in [-0.39, 0.29) is 35.0 Å². The van der Waals surface area contributed by atoms with E-state index in [1.165, 1.54) is 6.33 Å². The van der Waals surface area contributed by atoms with Crippen molar-refractivity contribution in [2.45, 2.75) is 51.7 Å². The van der Waals surface area contributed by atoms with Gasteiger partial charge in [0.2, 0.25) is 5.58 Å². The summed E-state index contributed by atoms with van der Waals surface area (Å²) < 4.78 is 13.4. The monoisotopic (exact) mass is 665 g/mol. The van der Waals surface area contributed by atoms with Crippen LogP contribution >= 0.6 is 0 Å². The summed E-state index contributed by atoms with van der Waals surface area (Å²) >= 11 is 0. The summed E-state index contributed by atoms with van der Waals surface area (Å²) in [7, 11) is 0. The number of ether oxygens (including phenoxy) is 1. The van der Waals surface area contributed by atoms with E-state index in [0.29, 0.717) is 53.7 Å². The molecular formula is C40H35N5O5. The molecule has 7 rings (SSSR count). The minimum absolute atomic E-state index is 0.0432. The largest absolute Gasteiger partial charge is 0.450 e. The molecule has 0 saturated carbocycles. The molecule has 0 unspecified atom stereocenters. The van der Waals surface area contributed by atoms with Crippen LogP contribution < -0.4 is 11.0 Å². The summed E-state index contributed by atoms with van der Waals surface area (Å²) in [5.41, 5.74) is 3.72.